The summed E-state index contributed by atoms with van der Waals surface area (Å²) in [7, 11) is 0. The number of nitrogens with one attached hydrogen (secondary N) is 1. The standard InChI is InChI=1S/C19H26ClNO6.Na.H/c1-4-6-16(22)26-18(13(2)3)27-19(24)21-12-5-7-17(23)25-15-10-8-14(20)9-11-15;;/h8-11,13,18H,4-7,12H2,1-3H3,(H,21,24);;/t18-;;/m1../s1. The van der Waals surface area contributed by atoms with Crippen molar-refractivity contribution in [3.05, 3.63) is 29.3 Å². The van der Waals surface area contributed by atoms with Gasteiger partial charge in [0.05, 0.1) is 0 Å². The van der Waals surface area contributed by atoms with Gasteiger partial charge in [0.15, 0.2) is 0 Å². The van der Waals surface area contributed by atoms with Crippen LogP contribution in [0.15, 0.2) is 24.3 Å². The fraction of sp³-hybridized carbons (Fsp3) is 0.526. The van der Waals surface area contributed by atoms with Crippen molar-refractivity contribution in [3.63, 3.8) is 0 Å². The summed E-state index contributed by atoms with van der Waals surface area (Å²) in [4.78, 5) is 35.1. The first-order valence-electron chi connectivity index (χ1n) is 8.92. The van der Waals surface area contributed by atoms with Crippen LogP contribution < -0.4 is 10.1 Å². The van der Waals surface area contributed by atoms with Crippen molar-refractivity contribution < 1.29 is 28.6 Å². The van der Waals surface area contributed by atoms with E-state index in [0.717, 1.165) is 0 Å². The molecule has 0 radical (unpaired) electrons. The third kappa shape index (κ3) is 11.5. The molecule has 28 heavy (non-hydrogen) atoms. The molecule has 0 saturated heterocycles. The number of carbonyl (C=O) groups excluding carboxylic acids is 3. The van der Waals surface area contributed by atoms with Crippen LogP contribution in [0, 0.1) is 5.92 Å². The summed E-state index contributed by atoms with van der Waals surface area (Å²) >= 11 is 5.76. The molecule has 7 nitrogen and oxygen atoms in total. The Hall–Kier alpha value is -1.28. The summed E-state index contributed by atoms with van der Waals surface area (Å²) in [6.45, 7) is 5.65. The molecule has 0 bridgehead atoms. The maximum absolute atomic E-state index is 11.8. The number of amides is 1. The summed E-state index contributed by atoms with van der Waals surface area (Å²) in [5, 5.41) is 3.08. The third-order valence-electron chi connectivity index (χ3n) is 3.34. The molecule has 9 heteroatoms. The Morgan fingerprint density at radius 3 is 2.25 bits per heavy atom. The number of hydrogen-bond acceptors (Lipinski definition) is 6. The number of esters is 2. The molecule has 152 valence electrons. The van der Waals surface area contributed by atoms with Crippen LogP contribution in [0.4, 0.5) is 4.79 Å². The predicted molar refractivity (Wildman–Crippen MR) is 108 cm³/mol. The normalized spacial score (nSPS) is 11.2. The number of hydrogen-bond donors (Lipinski definition) is 1. The van der Waals surface area contributed by atoms with E-state index in [0.29, 0.717) is 23.6 Å². The summed E-state index contributed by atoms with van der Waals surface area (Å²) < 4.78 is 15.4. The van der Waals surface area contributed by atoms with Gasteiger partial charge in [-0.1, -0.05) is 32.4 Å². The van der Waals surface area contributed by atoms with Gasteiger partial charge < -0.3 is 19.5 Å². The first-order chi connectivity index (χ1) is 12.8. The van der Waals surface area contributed by atoms with E-state index in [4.69, 9.17) is 25.8 Å². The molecular formula is C19H27ClNNaO6. The van der Waals surface area contributed by atoms with Gasteiger partial charge in [0.2, 0.25) is 0 Å². The van der Waals surface area contributed by atoms with Gasteiger partial charge in [-0.3, -0.25) is 9.59 Å². The van der Waals surface area contributed by atoms with Crippen molar-refractivity contribution in [3.8, 4) is 5.75 Å². The Labute approximate surface area is 192 Å². The van der Waals surface area contributed by atoms with Crippen molar-refractivity contribution in [2.75, 3.05) is 6.54 Å². The summed E-state index contributed by atoms with van der Waals surface area (Å²) in [5.74, 6) is -0.591. The van der Waals surface area contributed by atoms with Gasteiger partial charge in [-0.15, -0.1) is 0 Å². The van der Waals surface area contributed by atoms with Crippen molar-refractivity contribution in [2.24, 2.45) is 5.92 Å². The quantitative estimate of drug-likeness (QED) is 0.204. The molecule has 0 aliphatic carbocycles. The van der Waals surface area contributed by atoms with Crippen LogP contribution in [0.1, 0.15) is 46.5 Å². The number of carbonyl (C=O) groups is 3. The molecule has 1 amide bonds. The number of ether oxygens (including phenoxy) is 3. The summed E-state index contributed by atoms with van der Waals surface area (Å²) in [6, 6.07) is 6.45. The van der Waals surface area contributed by atoms with E-state index >= 15 is 0 Å². The molecule has 1 aromatic carbocycles. The number of rotatable bonds is 10. The molecule has 1 N–H and O–H groups in total. The first kappa shape index (κ1) is 26.7. The van der Waals surface area contributed by atoms with Crippen molar-refractivity contribution in [1.82, 2.24) is 5.32 Å². The molecule has 0 unspecified atom stereocenters. The van der Waals surface area contributed by atoms with Gasteiger partial charge in [-0.25, -0.2) is 4.79 Å². The average Bonchev–Trinajstić information content (AvgIpc) is 2.60. The van der Waals surface area contributed by atoms with Gasteiger partial charge >= 0.3 is 47.6 Å². The second-order valence-corrected chi connectivity index (χ2v) is 6.65. The van der Waals surface area contributed by atoms with Gasteiger partial charge in [0.25, 0.3) is 6.29 Å². The van der Waals surface area contributed by atoms with Crippen LogP contribution in [0.2, 0.25) is 5.02 Å². The van der Waals surface area contributed by atoms with Gasteiger partial charge in [-0.05, 0) is 37.1 Å². The van der Waals surface area contributed by atoms with Crippen LogP contribution in [-0.2, 0) is 19.1 Å². The van der Waals surface area contributed by atoms with Crippen molar-refractivity contribution >= 4 is 59.2 Å². The van der Waals surface area contributed by atoms with Crippen molar-refractivity contribution in [1.29, 1.82) is 0 Å². The van der Waals surface area contributed by atoms with E-state index in [-0.39, 0.29) is 54.9 Å². The molecule has 0 aromatic heterocycles. The van der Waals surface area contributed by atoms with Gasteiger partial charge in [-0.2, -0.15) is 0 Å². The number of alkyl carbamates (subject to hydrolysis) is 1. The molecule has 0 aliphatic heterocycles. The minimum atomic E-state index is -0.945. The van der Waals surface area contributed by atoms with E-state index in [2.05, 4.69) is 5.32 Å². The summed E-state index contributed by atoms with van der Waals surface area (Å²) in [5.41, 5.74) is 0. The molecular weight excluding hydrogens is 397 g/mol. The topological polar surface area (TPSA) is 90.9 Å². The first-order valence-corrected chi connectivity index (χ1v) is 9.29. The second-order valence-electron chi connectivity index (χ2n) is 6.22. The zero-order chi connectivity index (χ0) is 20.2. The zero-order valence-corrected chi connectivity index (χ0v) is 16.6. The Balaban J connectivity index is 0.00000729. The zero-order valence-electron chi connectivity index (χ0n) is 15.8. The molecule has 1 rings (SSSR count). The molecule has 0 heterocycles. The van der Waals surface area contributed by atoms with E-state index in [9.17, 15) is 14.4 Å². The number of benzene rings is 1. The fourth-order valence-electron chi connectivity index (χ4n) is 1.94. The van der Waals surface area contributed by atoms with Gasteiger partial charge in [0.1, 0.15) is 5.75 Å². The average molecular weight is 424 g/mol. The Morgan fingerprint density at radius 2 is 1.68 bits per heavy atom. The van der Waals surface area contributed by atoms with Crippen LogP contribution in [0.25, 0.3) is 0 Å². The maximum atomic E-state index is 11.8. The molecule has 0 saturated carbocycles. The fourth-order valence-corrected chi connectivity index (χ4v) is 2.07. The second kappa shape index (κ2) is 14.7. The van der Waals surface area contributed by atoms with Gasteiger partial charge in [0, 0.05) is 30.3 Å². The van der Waals surface area contributed by atoms with E-state index in [1.165, 1.54) is 0 Å². The van der Waals surface area contributed by atoms with Crippen LogP contribution >= 0.6 is 11.6 Å². The van der Waals surface area contributed by atoms with Crippen molar-refractivity contribution in [2.45, 2.75) is 52.7 Å². The summed E-state index contributed by atoms with van der Waals surface area (Å²) in [6.07, 6.45) is -0.222. The van der Waals surface area contributed by atoms with E-state index in [1.807, 2.05) is 6.92 Å². The molecule has 1 atom stereocenters. The molecule has 0 spiro atoms. The molecule has 0 aliphatic rings. The van der Waals surface area contributed by atoms with Crippen LogP contribution in [-0.4, -0.2) is 60.4 Å². The van der Waals surface area contributed by atoms with Crippen LogP contribution in [0.5, 0.6) is 5.75 Å². The predicted octanol–water partition coefficient (Wildman–Crippen LogP) is 3.43. The van der Waals surface area contributed by atoms with Crippen LogP contribution in [0.3, 0.4) is 0 Å². The Kier molecular flexibility index (Phi) is 14.0. The molecule has 0 fully saturated rings. The Morgan fingerprint density at radius 1 is 1.04 bits per heavy atom. The minimum absolute atomic E-state index is 0. The SMILES string of the molecule is CCCC(=O)O[C@H](OC(=O)NCCCC(=O)Oc1ccc(Cl)cc1)C(C)C.[NaH]. The third-order valence-corrected chi connectivity index (χ3v) is 3.59. The van der Waals surface area contributed by atoms with E-state index in [1.54, 1.807) is 38.1 Å². The monoisotopic (exact) mass is 423 g/mol. The molecule has 1 aromatic rings. The Bertz CT molecular complexity index is 623. The van der Waals surface area contributed by atoms with E-state index < -0.39 is 24.3 Å². The number of halogens is 1.